The van der Waals surface area contributed by atoms with Gasteiger partial charge in [-0.3, -0.25) is 14.2 Å². The largest absolute Gasteiger partial charge is 0.352 e. The SMILES string of the molecule is CCC(C)NC(=O)Cn1cnc(Cl)c(Cl)c1=O. The van der Waals surface area contributed by atoms with Crippen molar-refractivity contribution in [2.75, 3.05) is 0 Å². The summed E-state index contributed by atoms with van der Waals surface area (Å²) in [5.74, 6) is -0.262. The Morgan fingerprint density at radius 2 is 2.24 bits per heavy atom. The van der Waals surface area contributed by atoms with Gasteiger partial charge in [-0.2, -0.15) is 0 Å². The second-order valence-corrected chi connectivity index (χ2v) is 4.40. The zero-order valence-electron chi connectivity index (χ0n) is 9.54. The summed E-state index contributed by atoms with van der Waals surface area (Å²) < 4.78 is 1.12. The minimum absolute atomic E-state index is 0.0600. The fourth-order valence-corrected chi connectivity index (χ4v) is 1.42. The van der Waals surface area contributed by atoms with Gasteiger partial charge in [0.25, 0.3) is 5.56 Å². The van der Waals surface area contributed by atoms with E-state index in [1.54, 1.807) is 0 Å². The van der Waals surface area contributed by atoms with Crippen LogP contribution >= 0.6 is 23.2 Å². The predicted molar refractivity (Wildman–Crippen MR) is 66.4 cm³/mol. The van der Waals surface area contributed by atoms with Crippen LogP contribution in [-0.4, -0.2) is 21.5 Å². The van der Waals surface area contributed by atoms with E-state index < -0.39 is 5.56 Å². The average molecular weight is 278 g/mol. The highest BCUT2D eigenvalue weighted by Crippen LogP contribution is 2.12. The molecule has 0 bridgehead atoms. The molecule has 0 aromatic carbocycles. The van der Waals surface area contributed by atoms with E-state index in [-0.39, 0.29) is 28.7 Å². The minimum Gasteiger partial charge on any atom is -0.352 e. The topological polar surface area (TPSA) is 64.0 Å². The van der Waals surface area contributed by atoms with Crippen LogP contribution in [0.1, 0.15) is 20.3 Å². The number of hydrogen-bond acceptors (Lipinski definition) is 3. The Morgan fingerprint density at radius 1 is 1.59 bits per heavy atom. The third-order valence-electron chi connectivity index (χ3n) is 2.27. The molecule has 0 aliphatic rings. The second-order valence-electron chi connectivity index (χ2n) is 3.66. The van der Waals surface area contributed by atoms with Crippen molar-refractivity contribution in [3.8, 4) is 0 Å². The van der Waals surface area contributed by atoms with E-state index >= 15 is 0 Å². The summed E-state index contributed by atoms with van der Waals surface area (Å²) in [5, 5.41) is 2.50. The van der Waals surface area contributed by atoms with Crippen molar-refractivity contribution in [1.82, 2.24) is 14.9 Å². The molecule has 1 amide bonds. The molecule has 0 radical (unpaired) electrons. The molecule has 1 rings (SSSR count). The maximum absolute atomic E-state index is 11.6. The Labute approximate surface area is 109 Å². The van der Waals surface area contributed by atoms with Crippen LogP contribution in [0.4, 0.5) is 0 Å². The van der Waals surface area contributed by atoms with E-state index in [1.807, 2.05) is 13.8 Å². The Morgan fingerprint density at radius 3 is 2.82 bits per heavy atom. The summed E-state index contributed by atoms with van der Waals surface area (Å²) in [5.41, 5.74) is -0.522. The first-order chi connectivity index (χ1) is 7.95. The molecular weight excluding hydrogens is 265 g/mol. The lowest BCUT2D eigenvalue weighted by Gasteiger charge is -2.12. The van der Waals surface area contributed by atoms with Crippen LogP contribution in [0.3, 0.4) is 0 Å². The van der Waals surface area contributed by atoms with Gasteiger partial charge in [-0.1, -0.05) is 30.1 Å². The zero-order valence-corrected chi connectivity index (χ0v) is 11.0. The number of carbonyl (C=O) groups is 1. The molecule has 0 aliphatic carbocycles. The van der Waals surface area contributed by atoms with Gasteiger partial charge in [0.05, 0.1) is 6.33 Å². The number of hydrogen-bond donors (Lipinski definition) is 1. The molecule has 1 N–H and O–H groups in total. The molecule has 7 heteroatoms. The molecule has 94 valence electrons. The summed E-state index contributed by atoms with van der Waals surface area (Å²) in [7, 11) is 0. The molecule has 1 heterocycles. The fraction of sp³-hybridized carbons (Fsp3) is 0.500. The van der Waals surface area contributed by atoms with Gasteiger partial charge in [0.2, 0.25) is 5.91 Å². The van der Waals surface area contributed by atoms with Gasteiger partial charge in [-0.25, -0.2) is 4.98 Å². The molecule has 1 unspecified atom stereocenters. The van der Waals surface area contributed by atoms with Crippen molar-refractivity contribution in [3.05, 3.63) is 26.9 Å². The van der Waals surface area contributed by atoms with Crippen LogP contribution in [0.15, 0.2) is 11.1 Å². The molecule has 17 heavy (non-hydrogen) atoms. The standard InChI is InChI=1S/C10H13Cl2N3O2/c1-3-6(2)14-7(16)4-15-5-13-9(12)8(11)10(15)17/h5-6H,3-4H2,1-2H3,(H,14,16). The maximum atomic E-state index is 11.6. The van der Waals surface area contributed by atoms with Crippen LogP contribution in [0.2, 0.25) is 10.2 Å². The molecule has 0 saturated heterocycles. The quantitative estimate of drug-likeness (QED) is 0.848. The van der Waals surface area contributed by atoms with Gasteiger partial charge in [-0.15, -0.1) is 0 Å². The highest BCUT2D eigenvalue weighted by atomic mass is 35.5. The molecule has 1 aromatic heterocycles. The maximum Gasteiger partial charge on any atom is 0.274 e. The lowest BCUT2D eigenvalue weighted by molar-refractivity contribution is -0.122. The molecule has 1 atom stereocenters. The second kappa shape index (κ2) is 6.02. The molecule has 0 aliphatic heterocycles. The van der Waals surface area contributed by atoms with Gasteiger partial charge in [0.15, 0.2) is 5.15 Å². The Kier molecular flexibility index (Phi) is 4.96. The minimum atomic E-state index is -0.522. The van der Waals surface area contributed by atoms with Crippen LogP contribution < -0.4 is 10.9 Å². The first-order valence-corrected chi connectivity index (χ1v) is 5.91. The zero-order chi connectivity index (χ0) is 13.0. The van der Waals surface area contributed by atoms with E-state index in [9.17, 15) is 9.59 Å². The van der Waals surface area contributed by atoms with Crippen molar-refractivity contribution in [1.29, 1.82) is 0 Å². The predicted octanol–water partition coefficient (Wildman–Crippen LogP) is 1.46. The first-order valence-electron chi connectivity index (χ1n) is 5.15. The highest BCUT2D eigenvalue weighted by molar-refractivity contribution is 6.40. The Balaban J connectivity index is 2.80. The van der Waals surface area contributed by atoms with Crippen LogP contribution in [0, 0.1) is 0 Å². The van der Waals surface area contributed by atoms with Crippen molar-refractivity contribution in [2.24, 2.45) is 0 Å². The monoisotopic (exact) mass is 277 g/mol. The van der Waals surface area contributed by atoms with Crippen molar-refractivity contribution in [3.63, 3.8) is 0 Å². The smallest absolute Gasteiger partial charge is 0.274 e. The van der Waals surface area contributed by atoms with E-state index in [2.05, 4.69) is 10.3 Å². The Hall–Kier alpha value is -1.07. The molecule has 0 spiro atoms. The number of rotatable bonds is 4. The van der Waals surface area contributed by atoms with Crippen LogP contribution in [0.5, 0.6) is 0 Å². The van der Waals surface area contributed by atoms with E-state index in [4.69, 9.17) is 23.2 Å². The highest BCUT2D eigenvalue weighted by Gasteiger charge is 2.11. The molecule has 0 saturated carbocycles. The molecule has 5 nitrogen and oxygen atoms in total. The fourth-order valence-electron chi connectivity index (χ4n) is 1.13. The first kappa shape index (κ1) is 14.0. The molecule has 1 aromatic rings. The van der Waals surface area contributed by atoms with Gasteiger partial charge >= 0.3 is 0 Å². The van der Waals surface area contributed by atoms with Crippen molar-refractivity contribution < 1.29 is 4.79 Å². The number of amides is 1. The summed E-state index contributed by atoms with van der Waals surface area (Å²) in [6.07, 6.45) is 2.02. The van der Waals surface area contributed by atoms with Crippen LogP contribution in [-0.2, 0) is 11.3 Å². The average Bonchev–Trinajstić information content (AvgIpc) is 2.29. The Bertz CT molecular complexity index is 473. The van der Waals surface area contributed by atoms with Gasteiger partial charge in [-0.05, 0) is 13.3 Å². The van der Waals surface area contributed by atoms with Gasteiger partial charge in [0.1, 0.15) is 11.6 Å². The normalized spacial score (nSPS) is 12.2. The molecule has 0 fully saturated rings. The van der Waals surface area contributed by atoms with Gasteiger partial charge in [0, 0.05) is 6.04 Å². The number of aromatic nitrogens is 2. The van der Waals surface area contributed by atoms with Crippen molar-refractivity contribution >= 4 is 29.1 Å². The van der Waals surface area contributed by atoms with Crippen molar-refractivity contribution in [2.45, 2.75) is 32.9 Å². The third-order valence-corrected chi connectivity index (χ3v) is 3.00. The summed E-state index contributed by atoms with van der Waals surface area (Å²) in [6, 6.07) is 0.0638. The molecular formula is C10H13Cl2N3O2. The third kappa shape index (κ3) is 3.71. The summed E-state index contributed by atoms with van der Waals surface area (Å²) >= 11 is 11.2. The summed E-state index contributed by atoms with van der Waals surface area (Å²) in [4.78, 5) is 26.9. The van der Waals surface area contributed by atoms with Crippen LogP contribution in [0.25, 0.3) is 0 Å². The number of halogens is 2. The van der Waals surface area contributed by atoms with Gasteiger partial charge < -0.3 is 5.32 Å². The van der Waals surface area contributed by atoms with E-state index in [1.165, 1.54) is 6.33 Å². The lowest BCUT2D eigenvalue weighted by Crippen LogP contribution is -2.37. The number of nitrogens with one attached hydrogen (secondary N) is 1. The van der Waals surface area contributed by atoms with E-state index in [0.717, 1.165) is 11.0 Å². The number of nitrogens with zero attached hydrogens (tertiary/aromatic N) is 2. The lowest BCUT2D eigenvalue weighted by atomic mass is 10.2. The van der Waals surface area contributed by atoms with E-state index in [0.29, 0.717) is 0 Å². The summed E-state index contributed by atoms with van der Waals surface area (Å²) in [6.45, 7) is 3.72. The number of carbonyl (C=O) groups excluding carboxylic acids is 1.